The number of allylic oxidation sites excluding steroid dienone is 5. The summed E-state index contributed by atoms with van der Waals surface area (Å²) in [5.41, 5.74) is 3.95. The molecule has 4 nitrogen and oxygen atoms in total. The smallest absolute Gasteiger partial charge is 0.253 e. The average molecular weight is 405 g/mol. The average Bonchev–Trinajstić information content (AvgIpc) is 3.01. The molecule has 1 aromatic rings. The van der Waals surface area contributed by atoms with E-state index in [0.29, 0.717) is 5.92 Å². The van der Waals surface area contributed by atoms with Crippen molar-refractivity contribution in [3.63, 3.8) is 0 Å². The maximum atomic E-state index is 12.7. The Balaban J connectivity index is 1.74. The minimum absolute atomic E-state index is 0.0921. The number of benzene rings is 1. The van der Waals surface area contributed by atoms with Gasteiger partial charge in [0.25, 0.3) is 5.91 Å². The highest BCUT2D eigenvalue weighted by Crippen LogP contribution is 2.45. The molecule has 0 saturated carbocycles. The molecule has 1 aliphatic carbocycles. The van der Waals surface area contributed by atoms with Crippen LogP contribution in [0.3, 0.4) is 0 Å². The van der Waals surface area contributed by atoms with Crippen LogP contribution in [0.25, 0.3) is 5.57 Å². The van der Waals surface area contributed by atoms with E-state index in [-0.39, 0.29) is 11.5 Å². The number of rotatable bonds is 4. The molecule has 2 aliphatic heterocycles. The minimum Gasteiger partial charge on any atom is -0.482 e. The number of carbonyl (C=O) groups excluding carboxylic acids is 1. The number of amides is 1. The Labute approximate surface area is 180 Å². The van der Waals surface area contributed by atoms with Gasteiger partial charge < -0.3 is 15.0 Å². The lowest BCUT2D eigenvalue weighted by molar-refractivity contribution is -0.0194. The molecule has 158 valence electrons. The first kappa shape index (κ1) is 20.7. The third kappa shape index (κ3) is 3.77. The highest BCUT2D eigenvalue weighted by atomic mass is 16.5. The van der Waals surface area contributed by atoms with Crippen LogP contribution in [0.2, 0.25) is 0 Å². The Morgan fingerprint density at radius 2 is 1.97 bits per heavy atom. The van der Waals surface area contributed by atoms with Crippen LogP contribution in [-0.4, -0.2) is 42.6 Å². The van der Waals surface area contributed by atoms with Gasteiger partial charge in [0.15, 0.2) is 0 Å². The summed E-state index contributed by atoms with van der Waals surface area (Å²) >= 11 is 0. The van der Waals surface area contributed by atoms with Crippen molar-refractivity contribution in [3.8, 4) is 0 Å². The number of piperidine rings is 1. The molecule has 1 aromatic carbocycles. The summed E-state index contributed by atoms with van der Waals surface area (Å²) in [7, 11) is 0. The predicted octanol–water partition coefficient (Wildman–Crippen LogP) is 4.72. The highest BCUT2D eigenvalue weighted by Gasteiger charge is 2.43. The first-order chi connectivity index (χ1) is 14.6. The fraction of sp³-hybridized carbons (Fsp3) is 0.423. The van der Waals surface area contributed by atoms with Crippen LogP contribution in [0.5, 0.6) is 0 Å². The number of hydrogen-bond donors (Lipinski definition) is 1. The zero-order valence-electron chi connectivity index (χ0n) is 18.3. The largest absolute Gasteiger partial charge is 0.482 e. The van der Waals surface area contributed by atoms with Gasteiger partial charge in [-0.2, -0.15) is 0 Å². The molecule has 1 fully saturated rings. The Bertz CT molecular complexity index is 919. The van der Waals surface area contributed by atoms with Crippen LogP contribution in [0.15, 0.2) is 66.0 Å². The summed E-state index contributed by atoms with van der Waals surface area (Å²) in [5.74, 6) is 1.42. The first-order valence-corrected chi connectivity index (χ1v) is 11.2. The highest BCUT2D eigenvalue weighted by molar-refractivity contribution is 5.95. The molecular formula is C26H32N2O2. The van der Waals surface area contributed by atoms with Crippen molar-refractivity contribution in [2.24, 2.45) is 5.92 Å². The van der Waals surface area contributed by atoms with Gasteiger partial charge in [-0.05, 0) is 62.2 Å². The normalized spacial score (nSPS) is 25.4. The molecule has 2 atom stereocenters. The number of ether oxygens (including phenoxy) is 1. The molecule has 0 radical (unpaired) electrons. The molecule has 1 spiro atoms. The summed E-state index contributed by atoms with van der Waals surface area (Å²) in [6, 6.07) is 8.10. The minimum atomic E-state index is -0.294. The fourth-order valence-corrected chi connectivity index (χ4v) is 4.61. The van der Waals surface area contributed by atoms with Crippen LogP contribution in [-0.2, 0) is 4.74 Å². The third-order valence-corrected chi connectivity index (χ3v) is 6.56. The molecule has 3 aliphatic rings. The Kier molecular flexibility index (Phi) is 5.96. The van der Waals surface area contributed by atoms with Gasteiger partial charge >= 0.3 is 0 Å². The van der Waals surface area contributed by atoms with Crippen molar-refractivity contribution >= 4 is 11.5 Å². The van der Waals surface area contributed by atoms with E-state index in [0.717, 1.165) is 61.5 Å². The van der Waals surface area contributed by atoms with Crippen molar-refractivity contribution in [1.82, 2.24) is 10.2 Å². The molecular weight excluding hydrogens is 372 g/mol. The summed E-state index contributed by atoms with van der Waals surface area (Å²) in [4.78, 5) is 14.6. The lowest BCUT2D eigenvalue weighted by atomic mass is 9.77. The second-order valence-electron chi connectivity index (χ2n) is 8.34. The summed E-state index contributed by atoms with van der Waals surface area (Å²) in [6.07, 6.45) is 12.8. The standard InChI is InChI=1S/C26H32N2O2/c1-4-28(5-2)25(29)21-13-11-20(12-14-21)23-17-26(15-16-27-18-19(26)3)30-24-10-8-6-7-9-22(23)24/h6,8-14,17,19,27H,4-5,7,15-16,18H2,1-3H3. The van der Waals surface area contributed by atoms with Crippen LogP contribution in [0.1, 0.15) is 49.5 Å². The SMILES string of the molecule is CCN(CC)C(=O)c1ccc(C2=CC3(CCNCC3C)OC3=CC=CCC=C32)cc1. The lowest BCUT2D eigenvalue weighted by Crippen LogP contribution is -2.50. The van der Waals surface area contributed by atoms with Crippen LogP contribution >= 0.6 is 0 Å². The molecule has 2 heterocycles. The van der Waals surface area contributed by atoms with Gasteiger partial charge in [0.05, 0.1) is 0 Å². The van der Waals surface area contributed by atoms with Crippen LogP contribution in [0, 0.1) is 5.92 Å². The van der Waals surface area contributed by atoms with E-state index in [1.54, 1.807) is 0 Å². The molecule has 2 unspecified atom stereocenters. The Morgan fingerprint density at radius 1 is 1.20 bits per heavy atom. The third-order valence-electron chi connectivity index (χ3n) is 6.56. The first-order valence-electron chi connectivity index (χ1n) is 11.2. The molecule has 0 aromatic heterocycles. The number of fused-ring (bicyclic) bond motifs is 1. The predicted molar refractivity (Wildman–Crippen MR) is 122 cm³/mol. The molecule has 30 heavy (non-hydrogen) atoms. The van der Waals surface area contributed by atoms with Gasteiger partial charge in [-0.1, -0.05) is 37.3 Å². The van der Waals surface area contributed by atoms with Gasteiger partial charge in [-0.25, -0.2) is 0 Å². The van der Waals surface area contributed by atoms with E-state index < -0.39 is 0 Å². The summed E-state index contributed by atoms with van der Waals surface area (Å²) in [6.45, 7) is 9.64. The monoisotopic (exact) mass is 404 g/mol. The Morgan fingerprint density at radius 3 is 2.67 bits per heavy atom. The number of hydrogen-bond acceptors (Lipinski definition) is 3. The van der Waals surface area contributed by atoms with Gasteiger partial charge in [0, 0.05) is 43.1 Å². The molecule has 1 N–H and O–H groups in total. The van der Waals surface area contributed by atoms with Gasteiger partial charge in [-0.15, -0.1) is 0 Å². The van der Waals surface area contributed by atoms with Crippen molar-refractivity contribution in [2.45, 2.75) is 39.2 Å². The molecule has 4 rings (SSSR count). The second kappa shape index (κ2) is 8.65. The van der Waals surface area contributed by atoms with Crippen LogP contribution in [0.4, 0.5) is 0 Å². The van der Waals surface area contributed by atoms with E-state index in [4.69, 9.17) is 4.74 Å². The molecule has 1 amide bonds. The van der Waals surface area contributed by atoms with E-state index in [2.05, 4.69) is 54.8 Å². The van der Waals surface area contributed by atoms with Crippen molar-refractivity contribution in [2.75, 3.05) is 26.2 Å². The number of nitrogens with zero attached hydrogens (tertiary/aromatic N) is 1. The van der Waals surface area contributed by atoms with E-state index in [1.807, 2.05) is 30.9 Å². The zero-order chi connectivity index (χ0) is 21.1. The van der Waals surface area contributed by atoms with Crippen molar-refractivity contribution in [3.05, 3.63) is 77.1 Å². The van der Waals surface area contributed by atoms with Gasteiger partial charge in [-0.3, -0.25) is 4.79 Å². The molecule has 4 heteroatoms. The maximum absolute atomic E-state index is 12.7. The molecule has 1 saturated heterocycles. The fourth-order valence-electron chi connectivity index (χ4n) is 4.61. The Hall–Kier alpha value is -2.59. The topological polar surface area (TPSA) is 41.6 Å². The van der Waals surface area contributed by atoms with Crippen molar-refractivity contribution in [1.29, 1.82) is 0 Å². The maximum Gasteiger partial charge on any atom is 0.253 e. The number of nitrogens with one attached hydrogen (secondary N) is 1. The summed E-state index contributed by atoms with van der Waals surface area (Å²) < 4.78 is 6.65. The van der Waals surface area contributed by atoms with E-state index in [1.165, 1.54) is 5.57 Å². The van der Waals surface area contributed by atoms with Gasteiger partial charge in [0.1, 0.15) is 11.4 Å². The van der Waals surface area contributed by atoms with Gasteiger partial charge in [0.2, 0.25) is 0 Å². The van der Waals surface area contributed by atoms with Crippen molar-refractivity contribution < 1.29 is 9.53 Å². The van der Waals surface area contributed by atoms with E-state index in [9.17, 15) is 4.79 Å². The quantitative estimate of drug-likeness (QED) is 0.789. The number of carbonyl (C=O) groups is 1. The second-order valence-corrected chi connectivity index (χ2v) is 8.34. The zero-order valence-corrected chi connectivity index (χ0v) is 18.3. The van der Waals surface area contributed by atoms with Crippen LogP contribution < -0.4 is 5.32 Å². The summed E-state index contributed by atoms with van der Waals surface area (Å²) in [5, 5.41) is 3.49. The van der Waals surface area contributed by atoms with E-state index >= 15 is 0 Å². The molecule has 0 bridgehead atoms. The lowest BCUT2D eigenvalue weighted by Gasteiger charge is -2.45.